The van der Waals surface area contributed by atoms with Crippen LogP contribution in [0.3, 0.4) is 0 Å². The van der Waals surface area contributed by atoms with Gasteiger partial charge in [-0.2, -0.15) is 0 Å². The Hall–Kier alpha value is -1.01. The van der Waals surface area contributed by atoms with E-state index in [1.54, 1.807) is 0 Å². The van der Waals surface area contributed by atoms with Crippen molar-refractivity contribution in [3.05, 3.63) is 0 Å². The Balaban J connectivity index is 2.28. The quantitative estimate of drug-likeness (QED) is 0.640. The summed E-state index contributed by atoms with van der Waals surface area (Å²) in [6, 6.07) is 0.522. The van der Waals surface area contributed by atoms with Gasteiger partial charge in [-0.3, -0.25) is 4.79 Å². The molecule has 2 N–H and O–H groups in total. The van der Waals surface area contributed by atoms with Gasteiger partial charge in [-0.05, 0) is 26.2 Å². The molecule has 0 heterocycles. The Morgan fingerprint density at radius 2 is 2.27 bits per heavy atom. The molecular weight excluding hydrogens is 188 g/mol. The Morgan fingerprint density at radius 3 is 2.73 bits per heavy atom. The first-order chi connectivity index (χ1) is 7.17. The van der Waals surface area contributed by atoms with Crippen LogP contribution < -0.4 is 10.6 Å². The largest absolute Gasteiger partial charge is 0.352 e. The average molecular weight is 208 g/mol. The maximum absolute atomic E-state index is 11.6. The van der Waals surface area contributed by atoms with Gasteiger partial charge in [0.05, 0.1) is 6.04 Å². The summed E-state index contributed by atoms with van der Waals surface area (Å²) < 4.78 is 0. The van der Waals surface area contributed by atoms with E-state index in [0.717, 1.165) is 19.3 Å². The molecule has 0 aliphatic heterocycles. The van der Waals surface area contributed by atoms with Crippen LogP contribution in [0.1, 0.15) is 39.5 Å². The summed E-state index contributed by atoms with van der Waals surface area (Å²) in [6.45, 7) is 3.96. The predicted molar refractivity (Wildman–Crippen MR) is 61.3 cm³/mol. The molecule has 0 spiro atoms. The zero-order valence-electron chi connectivity index (χ0n) is 9.55. The second-order valence-electron chi connectivity index (χ2n) is 4.18. The lowest BCUT2D eigenvalue weighted by Crippen LogP contribution is -2.46. The van der Waals surface area contributed by atoms with Gasteiger partial charge in [0.1, 0.15) is 0 Å². The van der Waals surface area contributed by atoms with E-state index in [9.17, 15) is 4.79 Å². The van der Waals surface area contributed by atoms with Crippen molar-refractivity contribution < 1.29 is 4.79 Å². The van der Waals surface area contributed by atoms with E-state index >= 15 is 0 Å². The number of amides is 1. The number of hydrogen-bond acceptors (Lipinski definition) is 2. The summed E-state index contributed by atoms with van der Waals surface area (Å²) in [5, 5.41) is 6.22. The van der Waals surface area contributed by atoms with Gasteiger partial charge in [-0.25, -0.2) is 0 Å². The van der Waals surface area contributed by atoms with E-state index in [2.05, 4.69) is 23.5 Å². The first kappa shape index (κ1) is 12.1. The Bertz CT molecular complexity index is 253. The number of rotatable bonds is 6. The summed E-state index contributed by atoms with van der Waals surface area (Å²) in [4.78, 5) is 11.6. The van der Waals surface area contributed by atoms with Crippen LogP contribution in [-0.4, -0.2) is 24.0 Å². The molecule has 1 aliphatic carbocycles. The van der Waals surface area contributed by atoms with E-state index in [0.29, 0.717) is 12.5 Å². The topological polar surface area (TPSA) is 41.1 Å². The van der Waals surface area contributed by atoms with Crippen molar-refractivity contribution in [2.24, 2.45) is 0 Å². The molecule has 0 aromatic heterocycles. The highest BCUT2D eigenvalue weighted by atomic mass is 16.2. The van der Waals surface area contributed by atoms with Gasteiger partial charge in [0, 0.05) is 18.5 Å². The molecule has 15 heavy (non-hydrogen) atoms. The van der Waals surface area contributed by atoms with Crippen molar-refractivity contribution in [2.75, 3.05) is 0 Å². The molecule has 3 heteroatoms. The maximum Gasteiger partial charge on any atom is 0.237 e. The van der Waals surface area contributed by atoms with Crippen LogP contribution in [0.4, 0.5) is 0 Å². The Morgan fingerprint density at radius 1 is 1.60 bits per heavy atom. The molecule has 1 fully saturated rings. The van der Waals surface area contributed by atoms with Crippen molar-refractivity contribution in [2.45, 2.75) is 57.7 Å². The minimum absolute atomic E-state index is 0.0907. The lowest BCUT2D eigenvalue weighted by Gasteiger charge is -2.20. The van der Waals surface area contributed by atoms with Crippen LogP contribution in [0.5, 0.6) is 0 Å². The second kappa shape index (κ2) is 5.77. The molecule has 0 aromatic rings. The van der Waals surface area contributed by atoms with Crippen LogP contribution in [0, 0.1) is 12.3 Å². The second-order valence-corrected chi connectivity index (χ2v) is 4.18. The average Bonchev–Trinajstić information content (AvgIpc) is 3.00. The normalized spacial score (nSPS) is 19.0. The van der Waals surface area contributed by atoms with Crippen molar-refractivity contribution >= 4 is 5.91 Å². The lowest BCUT2D eigenvalue weighted by molar-refractivity contribution is -0.123. The minimum atomic E-state index is -0.149. The molecule has 1 saturated carbocycles. The first-order valence-electron chi connectivity index (χ1n) is 5.67. The fraction of sp³-hybridized carbons (Fsp3) is 0.750. The standard InChI is InChI=1S/C12H20N2O/c1-4-6-10(5-2)13-9(3)12(15)14-11-7-8-11/h1,9-11,13H,5-8H2,2-3H3,(H,14,15). The van der Waals surface area contributed by atoms with Crippen molar-refractivity contribution in [3.63, 3.8) is 0 Å². The highest BCUT2D eigenvalue weighted by Crippen LogP contribution is 2.18. The fourth-order valence-electron chi connectivity index (χ4n) is 1.45. The van der Waals surface area contributed by atoms with E-state index < -0.39 is 0 Å². The van der Waals surface area contributed by atoms with Gasteiger partial charge in [0.2, 0.25) is 5.91 Å². The fourth-order valence-corrected chi connectivity index (χ4v) is 1.45. The monoisotopic (exact) mass is 208 g/mol. The summed E-state index contributed by atoms with van der Waals surface area (Å²) in [7, 11) is 0. The third kappa shape index (κ3) is 4.35. The molecule has 1 amide bonds. The zero-order chi connectivity index (χ0) is 11.3. The van der Waals surface area contributed by atoms with E-state index in [4.69, 9.17) is 6.42 Å². The molecule has 1 aliphatic rings. The number of terminal acetylenes is 1. The van der Waals surface area contributed by atoms with Crippen molar-refractivity contribution in [3.8, 4) is 12.3 Å². The summed E-state index contributed by atoms with van der Waals surface area (Å²) in [6.07, 6.45) is 9.13. The van der Waals surface area contributed by atoms with Gasteiger partial charge in [0.15, 0.2) is 0 Å². The molecule has 3 nitrogen and oxygen atoms in total. The van der Waals surface area contributed by atoms with E-state index in [1.165, 1.54) is 0 Å². The first-order valence-corrected chi connectivity index (χ1v) is 5.67. The van der Waals surface area contributed by atoms with Gasteiger partial charge in [0.25, 0.3) is 0 Å². The van der Waals surface area contributed by atoms with Crippen LogP contribution >= 0.6 is 0 Å². The third-order valence-electron chi connectivity index (χ3n) is 2.66. The van der Waals surface area contributed by atoms with Gasteiger partial charge >= 0.3 is 0 Å². The molecule has 1 rings (SSSR count). The lowest BCUT2D eigenvalue weighted by atomic mass is 10.1. The number of nitrogens with one attached hydrogen (secondary N) is 2. The predicted octanol–water partition coefficient (Wildman–Crippen LogP) is 1.04. The molecule has 2 atom stereocenters. The molecular formula is C12H20N2O. The SMILES string of the molecule is C#CCC(CC)NC(C)C(=O)NC1CC1. The Kier molecular flexibility index (Phi) is 4.64. The van der Waals surface area contributed by atoms with Crippen LogP contribution in [0.25, 0.3) is 0 Å². The number of carbonyl (C=O) groups excluding carboxylic acids is 1. The molecule has 0 bridgehead atoms. The van der Waals surface area contributed by atoms with Crippen LogP contribution in [0.2, 0.25) is 0 Å². The van der Waals surface area contributed by atoms with Crippen molar-refractivity contribution in [1.29, 1.82) is 0 Å². The highest BCUT2D eigenvalue weighted by Gasteiger charge is 2.26. The van der Waals surface area contributed by atoms with Crippen LogP contribution in [0.15, 0.2) is 0 Å². The summed E-state index contributed by atoms with van der Waals surface area (Å²) in [5.74, 6) is 2.71. The smallest absolute Gasteiger partial charge is 0.237 e. The molecule has 0 aromatic carbocycles. The van der Waals surface area contributed by atoms with E-state index in [1.807, 2.05) is 6.92 Å². The summed E-state index contributed by atoms with van der Waals surface area (Å²) >= 11 is 0. The van der Waals surface area contributed by atoms with Gasteiger partial charge in [-0.1, -0.05) is 6.92 Å². The molecule has 0 radical (unpaired) electrons. The number of carbonyl (C=O) groups is 1. The zero-order valence-corrected chi connectivity index (χ0v) is 9.55. The van der Waals surface area contributed by atoms with Crippen molar-refractivity contribution in [1.82, 2.24) is 10.6 Å². The highest BCUT2D eigenvalue weighted by molar-refractivity contribution is 5.81. The number of hydrogen-bond donors (Lipinski definition) is 2. The maximum atomic E-state index is 11.6. The summed E-state index contributed by atoms with van der Waals surface area (Å²) in [5.41, 5.74) is 0. The minimum Gasteiger partial charge on any atom is -0.352 e. The molecule has 0 saturated heterocycles. The van der Waals surface area contributed by atoms with Crippen LogP contribution in [-0.2, 0) is 4.79 Å². The van der Waals surface area contributed by atoms with Gasteiger partial charge in [-0.15, -0.1) is 12.3 Å². The van der Waals surface area contributed by atoms with E-state index in [-0.39, 0.29) is 18.0 Å². The molecule has 2 unspecified atom stereocenters. The Labute approximate surface area is 92.0 Å². The van der Waals surface area contributed by atoms with Gasteiger partial charge < -0.3 is 10.6 Å². The third-order valence-corrected chi connectivity index (χ3v) is 2.66. The molecule has 84 valence electrons.